The van der Waals surface area contributed by atoms with Crippen LogP contribution in [0.1, 0.15) is 29.5 Å². The van der Waals surface area contributed by atoms with E-state index in [2.05, 4.69) is 0 Å². The van der Waals surface area contributed by atoms with E-state index < -0.39 is 0 Å². The van der Waals surface area contributed by atoms with Gasteiger partial charge in [-0.3, -0.25) is 0 Å². The molecule has 0 saturated carbocycles. The molecule has 2 aromatic carbocycles. The van der Waals surface area contributed by atoms with E-state index in [9.17, 15) is 9.18 Å². The molecule has 128 valence electrons. The molecule has 25 heavy (non-hydrogen) atoms. The number of hydrogen-bond acceptors (Lipinski definition) is 3. The van der Waals surface area contributed by atoms with Gasteiger partial charge in [0.25, 0.3) is 0 Å². The average molecular weight is 359 g/mol. The molecule has 0 atom stereocenters. The molecule has 0 radical (unpaired) electrons. The molecule has 1 heterocycles. The van der Waals surface area contributed by atoms with Crippen LogP contribution < -0.4 is 10.4 Å². The van der Waals surface area contributed by atoms with Gasteiger partial charge < -0.3 is 9.15 Å². The van der Waals surface area contributed by atoms with Crippen LogP contribution >= 0.6 is 11.6 Å². The van der Waals surface area contributed by atoms with Crippen LogP contribution in [0.3, 0.4) is 0 Å². The molecule has 0 unspecified atom stereocenters. The Morgan fingerprint density at radius 1 is 1.08 bits per heavy atom. The topological polar surface area (TPSA) is 39.4 Å². The molecule has 0 bridgehead atoms. The molecule has 1 aliphatic carbocycles. The lowest BCUT2D eigenvalue weighted by Gasteiger charge is -2.16. The summed E-state index contributed by atoms with van der Waals surface area (Å²) in [5.74, 6) is 0.192. The zero-order valence-electron chi connectivity index (χ0n) is 13.5. The molecule has 5 heteroatoms. The number of hydrogen-bond donors (Lipinski definition) is 0. The summed E-state index contributed by atoms with van der Waals surface area (Å²) in [6.45, 7) is 0.208. The third-order valence-electron chi connectivity index (χ3n) is 4.60. The Kier molecular flexibility index (Phi) is 4.22. The molecular formula is C20H16ClFO3. The first-order valence-corrected chi connectivity index (χ1v) is 8.65. The van der Waals surface area contributed by atoms with Crippen molar-refractivity contribution in [2.75, 3.05) is 0 Å². The van der Waals surface area contributed by atoms with Crippen molar-refractivity contribution in [3.63, 3.8) is 0 Å². The third kappa shape index (κ3) is 3.14. The van der Waals surface area contributed by atoms with Crippen LogP contribution in [0.5, 0.6) is 5.75 Å². The Labute approximate surface area is 149 Å². The normalized spacial score (nSPS) is 13.7. The van der Waals surface area contributed by atoms with Crippen LogP contribution in [0.4, 0.5) is 4.39 Å². The van der Waals surface area contributed by atoms with E-state index in [0.29, 0.717) is 21.9 Å². The molecule has 0 spiro atoms. The Hall–Kier alpha value is -2.33. The summed E-state index contributed by atoms with van der Waals surface area (Å²) in [5.41, 5.74) is 2.89. The maximum absolute atomic E-state index is 13.1. The minimum atomic E-state index is -0.383. The van der Waals surface area contributed by atoms with Crippen LogP contribution in [0, 0.1) is 5.82 Å². The fourth-order valence-corrected chi connectivity index (χ4v) is 3.54. The molecule has 0 fully saturated rings. The van der Waals surface area contributed by atoms with E-state index in [-0.39, 0.29) is 18.0 Å². The second kappa shape index (κ2) is 6.52. The Morgan fingerprint density at radius 2 is 1.88 bits per heavy atom. The van der Waals surface area contributed by atoms with Crippen LogP contribution in [-0.2, 0) is 19.4 Å². The SMILES string of the molecule is O=c1oc2cc(OCc3ccc(F)cc3Cl)ccc2c2c1CCCC2. The number of ether oxygens (including phenoxy) is 1. The molecule has 0 N–H and O–H groups in total. The summed E-state index contributed by atoms with van der Waals surface area (Å²) in [5, 5.41) is 1.29. The van der Waals surface area contributed by atoms with E-state index >= 15 is 0 Å². The average Bonchev–Trinajstić information content (AvgIpc) is 2.61. The number of benzene rings is 2. The van der Waals surface area contributed by atoms with Gasteiger partial charge in [0.1, 0.15) is 23.8 Å². The van der Waals surface area contributed by atoms with Crippen molar-refractivity contribution in [3.8, 4) is 5.75 Å². The van der Waals surface area contributed by atoms with Gasteiger partial charge >= 0.3 is 5.63 Å². The standard InChI is InChI=1S/C20H16ClFO3/c21-18-9-13(22)6-5-12(18)11-24-14-7-8-16-15-3-1-2-4-17(15)20(23)25-19(16)10-14/h5-10H,1-4,11H2. The third-order valence-corrected chi connectivity index (χ3v) is 4.96. The quantitative estimate of drug-likeness (QED) is 0.615. The smallest absolute Gasteiger partial charge is 0.339 e. The maximum Gasteiger partial charge on any atom is 0.339 e. The van der Waals surface area contributed by atoms with Crippen molar-refractivity contribution in [2.24, 2.45) is 0 Å². The highest BCUT2D eigenvalue weighted by Gasteiger charge is 2.18. The molecule has 1 aliphatic rings. The number of rotatable bonds is 3. The van der Waals surface area contributed by atoms with E-state index in [1.807, 2.05) is 12.1 Å². The molecule has 0 aliphatic heterocycles. The summed E-state index contributed by atoms with van der Waals surface area (Å²) < 4.78 is 24.3. The minimum Gasteiger partial charge on any atom is -0.489 e. The molecule has 3 nitrogen and oxygen atoms in total. The van der Waals surface area contributed by atoms with Gasteiger partial charge in [-0.15, -0.1) is 0 Å². The van der Waals surface area contributed by atoms with E-state index in [0.717, 1.165) is 42.2 Å². The van der Waals surface area contributed by atoms with Gasteiger partial charge in [0.15, 0.2) is 0 Å². The maximum atomic E-state index is 13.1. The fraction of sp³-hybridized carbons (Fsp3) is 0.250. The summed E-state index contributed by atoms with van der Waals surface area (Å²) in [4.78, 5) is 12.2. The van der Waals surface area contributed by atoms with E-state index in [1.165, 1.54) is 12.1 Å². The highest BCUT2D eigenvalue weighted by molar-refractivity contribution is 6.31. The lowest BCUT2D eigenvalue weighted by atomic mass is 9.91. The number of aryl methyl sites for hydroxylation is 1. The Bertz CT molecular complexity index is 1010. The minimum absolute atomic E-state index is 0.208. The van der Waals surface area contributed by atoms with Crippen molar-refractivity contribution in [1.29, 1.82) is 0 Å². The first-order valence-electron chi connectivity index (χ1n) is 8.27. The Morgan fingerprint density at radius 3 is 2.68 bits per heavy atom. The second-order valence-electron chi connectivity index (χ2n) is 6.24. The van der Waals surface area contributed by atoms with Crippen LogP contribution in [0.25, 0.3) is 11.0 Å². The monoisotopic (exact) mass is 358 g/mol. The van der Waals surface area contributed by atoms with Gasteiger partial charge in [0, 0.05) is 22.6 Å². The lowest BCUT2D eigenvalue weighted by Crippen LogP contribution is -2.15. The zero-order chi connectivity index (χ0) is 17.4. The molecule has 0 amide bonds. The molecule has 0 saturated heterocycles. The first kappa shape index (κ1) is 16.2. The molecule has 3 aromatic rings. The van der Waals surface area contributed by atoms with Gasteiger partial charge in [-0.05, 0) is 55.5 Å². The van der Waals surface area contributed by atoms with E-state index in [1.54, 1.807) is 12.1 Å². The highest BCUT2D eigenvalue weighted by atomic mass is 35.5. The summed E-state index contributed by atoms with van der Waals surface area (Å²) in [6.07, 6.45) is 3.81. The lowest BCUT2D eigenvalue weighted by molar-refractivity contribution is 0.306. The predicted molar refractivity (Wildman–Crippen MR) is 94.9 cm³/mol. The number of halogens is 2. The van der Waals surface area contributed by atoms with Crippen LogP contribution in [0.2, 0.25) is 5.02 Å². The zero-order valence-corrected chi connectivity index (χ0v) is 14.2. The molecule has 4 rings (SSSR count). The van der Waals surface area contributed by atoms with E-state index in [4.69, 9.17) is 20.8 Å². The summed E-state index contributed by atoms with van der Waals surface area (Å²) >= 11 is 6.01. The van der Waals surface area contributed by atoms with Gasteiger partial charge in [-0.25, -0.2) is 9.18 Å². The number of fused-ring (bicyclic) bond motifs is 3. The summed E-state index contributed by atoms with van der Waals surface area (Å²) in [6, 6.07) is 9.71. The molecular weight excluding hydrogens is 343 g/mol. The van der Waals surface area contributed by atoms with Crippen LogP contribution in [-0.4, -0.2) is 0 Å². The van der Waals surface area contributed by atoms with Gasteiger partial charge in [-0.1, -0.05) is 17.7 Å². The first-order chi connectivity index (χ1) is 12.1. The molecule has 1 aromatic heterocycles. The predicted octanol–water partition coefficient (Wildman–Crippen LogP) is 5.04. The van der Waals surface area contributed by atoms with Gasteiger partial charge in [0.05, 0.1) is 5.02 Å². The van der Waals surface area contributed by atoms with Gasteiger partial charge in [-0.2, -0.15) is 0 Å². The summed E-state index contributed by atoms with van der Waals surface area (Å²) in [7, 11) is 0. The van der Waals surface area contributed by atoms with Crippen molar-refractivity contribution < 1.29 is 13.5 Å². The van der Waals surface area contributed by atoms with Crippen molar-refractivity contribution in [3.05, 3.63) is 74.3 Å². The Balaban J connectivity index is 1.64. The van der Waals surface area contributed by atoms with Crippen molar-refractivity contribution in [1.82, 2.24) is 0 Å². The highest BCUT2D eigenvalue weighted by Crippen LogP contribution is 2.29. The fourth-order valence-electron chi connectivity index (χ4n) is 3.32. The van der Waals surface area contributed by atoms with Crippen molar-refractivity contribution >= 4 is 22.6 Å². The largest absolute Gasteiger partial charge is 0.489 e. The van der Waals surface area contributed by atoms with Gasteiger partial charge in [0.2, 0.25) is 0 Å². The van der Waals surface area contributed by atoms with Crippen molar-refractivity contribution in [2.45, 2.75) is 32.3 Å². The second-order valence-corrected chi connectivity index (χ2v) is 6.64. The van der Waals surface area contributed by atoms with Crippen LogP contribution in [0.15, 0.2) is 45.6 Å².